The van der Waals surface area contributed by atoms with Crippen LogP contribution in [0.3, 0.4) is 0 Å². The topological polar surface area (TPSA) is 105 Å². The van der Waals surface area contributed by atoms with Gasteiger partial charge in [-0.2, -0.15) is 0 Å². The number of hydrogen-bond acceptors (Lipinski definition) is 6. The lowest BCUT2D eigenvalue weighted by Gasteiger charge is -2.07. The van der Waals surface area contributed by atoms with Crippen LogP contribution in [0.15, 0.2) is 59.5 Å². The third-order valence-corrected chi connectivity index (χ3v) is 4.18. The molecule has 2 N–H and O–H groups in total. The Morgan fingerprint density at radius 2 is 1.81 bits per heavy atom. The molecule has 0 aliphatic heterocycles. The summed E-state index contributed by atoms with van der Waals surface area (Å²) in [4.78, 5) is 11.7. The maximum absolute atomic E-state index is 11.7. The summed E-state index contributed by atoms with van der Waals surface area (Å²) >= 11 is 0. The van der Waals surface area contributed by atoms with Gasteiger partial charge in [0.25, 0.3) is 0 Å². The molecular weight excluding hydrogens is 358 g/mol. The van der Waals surface area contributed by atoms with E-state index in [1.807, 2.05) is 18.2 Å². The monoisotopic (exact) mass is 377 g/mol. The Labute approximate surface area is 152 Å². The zero-order chi connectivity index (χ0) is 19.0. The Morgan fingerprint density at radius 1 is 1.08 bits per heavy atom. The van der Waals surface area contributed by atoms with Gasteiger partial charge in [0.2, 0.25) is 10.0 Å². The van der Waals surface area contributed by atoms with Gasteiger partial charge >= 0.3 is 5.97 Å². The van der Waals surface area contributed by atoms with Gasteiger partial charge in [0, 0.05) is 6.08 Å². The fourth-order valence-electron chi connectivity index (χ4n) is 1.98. The van der Waals surface area contributed by atoms with E-state index in [1.54, 1.807) is 19.3 Å². The number of esters is 1. The molecule has 26 heavy (non-hydrogen) atoms. The number of ether oxygens (including phenoxy) is 3. The Kier molecular flexibility index (Phi) is 6.76. The highest BCUT2D eigenvalue weighted by atomic mass is 32.2. The highest BCUT2D eigenvalue weighted by Gasteiger charge is 2.07. The molecule has 0 aliphatic rings. The van der Waals surface area contributed by atoms with Crippen LogP contribution < -0.4 is 14.6 Å². The smallest absolute Gasteiger partial charge is 0.330 e. The first kappa shape index (κ1) is 19.5. The van der Waals surface area contributed by atoms with Crippen molar-refractivity contribution in [2.24, 2.45) is 5.14 Å². The number of primary sulfonamides is 1. The Balaban J connectivity index is 1.75. The van der Waals surface area contributed by atoms with Crippen molar-refractivity contribution in [3.8, 4) is 11.5 Å². The van der Waals surface area contributed by atoms with Gasteiger partial charge in [-0.15, -0.1) is 0 Å². The van der Waals surface area contributed by atoms with Crippen LogP contribution in [0, 0.1) is 0 Å². The largest absolute Gasteiger partial charge is 0.497 e. The van der Waals surface area contributed by atoms with Gasteiger partial charge < -0.3 is 14.2 Å². The van der Waals surface area contributed by atoms with Crippen LogP contribution in [0.2, 0.25) is 0 Å². The highest BCUT2D eigenvalue weighted by molar-refractivity contribution is 7.89. The van der Waals surface area contributed by atoms with Gasteiger partial charge in [-0.3, -0.25) is 0 Å². The second-order valence-electron chi connectivity index (χ2n) is 5.14. The summed E-state index contributed by atoms with van der Waals surface area (Å²) in [5, 5.41) is 5.01. The molecule has 0 saturated heterocycles. The van der Waals surface area contributed by atoms with Crippen LogP contribution in [0.1, 0.15) is 5.56 Å². The van der Waals surface area contributed by atoms with Gasteiger partial charge in [-0.25, -0.2) is 18.4 Å². The van der Waals surface area contributed by atoms with Gasteiger partial charge in [0.15, 0.2) is 0 Å². The normalized spacial score (nSPS) is 11.3. The van der Waals surface area contributed by atoms with Crippen molar-refractivity contribution in [3.63, 3.8) is 0 Å². The van der Waals surface area contributed by atoms with E-state index in [-0.39, 0.29) is 18.1 Å². The maximum atomic E-state index is 11.7. The van der Waals surface area contributed by atoms with Crippen molar-refractivity contribution < 1.29 is 27.4 Å². The summed E-state index contributed by atoms with van der Waals surface area (Å²) in [5.74, 6) is 0.642. The lowest BCUT2D eigenvalue weighted by molar-refractivity contribution is -0.138. The predicted octanol–water partition coefficient (Wildman–Crippen LogP) is 1.98. The van der Waals surface area contributed by atoms with Crippen LogP contribution in [-0.2, 0) is 19.6 Å². The molecule has 0 aliphatic carbocycles. The van der Waals surface area contributed by atoms with Crippen molar-refractivity contribution in [3.05, 3.63) is 60.2 Å². The number of rotatable bonds is 8. The molecule has 2 aromatic rings. The molecule has 0 spiro atoms. The summed E-state index contributed by atoms with van der Waals surface area (Å²) in [6.45, 7) is 0.186. The molecule has 0 amide bonds. The predicted molar refractivity (Wildman–Crippen MR) is 96.3 cm³/mol. The molecule has 0 heterocycles. The van der Waals surface area contributed by atoms with Crippen LogP contribution >= 0.6 is 0 Å². The van der Waals surface area contributed by atoms with Crippen molar-refractivity contribution in [1.29, 1.82) is 0 Å². The van der Waals surface area contributed by atoms with E-state index >= 15 is 0 Å². The second-order valence-corrected chi connectivity index (χ2v) is 6.70. The molecule has 0 unspecified atom stereocenters. The summed E-state index contributed by atoms with van der Waals surface area (Å²) < 4.78 is 37.8. The quantitative estimate of drug-likeness (QED) is 0.428. The van der Waals surface area contributed by atoms with Gasteiger partial charge in [0.05, 0.1) is 12.0 Å². The minimum Gasteiger partial charge on any atom is -0.497 e. The van der Waals surface area contributed by atoms with Gasteiger partial charge in [-0.05, 0) is 48.0 Å². The zero-order valence-electron chi connectivity index (χ0n) is 14.1. The maximum Gasteiger partial charge on any atom is 0.330 e. The first-order valence-corrected chi connectivity index (χ1v) is 9.17. The lowest BCUT2D eigenvalue weighted by Crippen LogP contribution is -2.12. The highest BCUT2D eigenvalue weighted by Crippen LogP contribution is 2.15. The first-order chi connectivity index (χ1) is 12.4. The molecule has 8 heteroatoms. The molecule has 0 fully saturated rings. The minimum atomic E-state index is -3.73. The zero-order valence-corrected chi connectivity index (χ0v) is 14.9. The van der Waals surface area contributed by atoms with Crippen LogP contribution in [-0.4, -0.2) is 34.7 Å². The number of nitrogens with two attached hydrogens (primary N) is 1. The van der Waals surface area contributed by atoms with Crippen molar-refractivity contribution in [2.75, 3.05) is 20.3 Å². The number of hydrogen-bond donors (Lipinski definition) is 1. The molecule has 2 aromatic carbocycles. The number of carbonyl (C=O) groups is 1. The van der Waals surface area contributed by atoms with Crippen LogP contribution in [0.4, 0.5) is 0 Å². The number of methoxy groups -OCH3 is 1. The van der Waals surface area contributed by atoms with E-state index in [0.29, 0.717) is 11.5 Å². The number of carbonyl (C=O) groups excluding carboxylic acids is 1. The fourth-order valence-corrected chi connectivity index (χ4v) is 2.50. The number of sulfonamides is 1. The van der Waals surface area contributed by atoms with Crippen molar-refractivity contribution in [1.82, 2.24) is 0 Å². The Bertz CT molecular complexity index is 875. The molecule has 0 atom stereocenters. The molecule has 0 radical (unpaired) electrons. The van der Waals surface area contributed by atoms with E-state index in [2.05, 4.69) is 0 Å². The summed E-state index contributed by atoms with van der Waals surface area (Å²) in [5.41, 5.74) is 0.812. The molecule has 0 saturated carbocycles. The van der Waals surface area contributed by atoms with Crippen molar-refractivity contribution in [2.45, 2.75) is 4.90 Å². The molecule has 0 bridgehead atoms. The fraction of sp³-hybridized carbons (Fsp3) is 0.167. The molecule has 138 valence electrons. The average molecular weight is 377 g/mol. The molecule has 2 rings (SSSR count). The minimum absolute atomic E-state index is 0.000965. The third-order valence-electron chi connectivity index (χ3n) is 3.25. The molecule has 7 nitrogen and oxygen atoms in total. The standard InChI is InChI=1S/C18H19NO6S/c1-23-16-4-2-3-14(13-16)5-10-18(20)25-12-11-24-15-6-8-17(9-7-15)26(19,21)22/h2-10,13H,11-12H2,1H3,(H2,19,21,22)/b10-5+. The van der Waals surface area contributed by atoms with Crippen LogP contribution in [0.25, 0.3) is 6.08 Å². The second kappa shape index (κ2) is 9.02. The molecular formula is C18H19NO6S. The van der Waals surface area contributed by atoms with E-state index in [0.717, 1.165) is 5.56 Å². The average Bonchev–Trinajstić information content (AvgIpc) is 2.63. The summed E-state index contributed by atoms with van der Waals surface area (Å²) in [6, 6.07) is 12.9. The van der Waals surface area contributed by atoms with Gasteiger partial charge in [0.1, 0.15) is 24.7 Å². The van der Waals surface area contributed by atoms with Gasteiger partial charge in [-0.1, -0.05) is 12.1 Å². The number of benzene rings is 2. The van der Waals surface area contributed by atoms with Crippen LogP contribution in [0.5, 0.6) is 11.5 Å². The van der Waals surface area contributed by atoms with E-state index < -0.39 is 16.0 Å². The molecule has 0 aromatic heterocycles. The Hall–Kier alpha value is -2.84. The van der Waals surface area contributed by atoms with E-state index in [9.17, 15) is 13.2 Å². The Morgan fingerprint density at radius 3 is 2.46 bits per heavy atom. The van der Waals surface area contributed by atoms with E-state index in [1.165, 1.54) is 30.3 Å². The summed E-state index contributed by atoms with van der Waals surface area (Å²) in [6.07, 6.45) is 2.94. The lowest BCUT2D eigenvalue weighted by atomic mass is 10.2. The van der Waals surface area contributed by atoms with Crippen molar-refractivity contribution >= 4 is 22.1 Å². The SMILES string of the molecule is COc1cccc(/C=C/C(=O)OCCOc2ccc(S(N)(=O)=O)cc2)c1. The van der Waals surface area contributed by atoms with E-state index in [4.69, 9.17) is 19.3 Å². The summed E-state index contributed by atoms with van der Waals surface area (Å²) in [7, 11) is -2.16. The third kappa shape index (κ3) is 6.23. The first-order valence-electron chi connectivity index (χ1n) is 7.63.